The molecule has 2 aromatic carbocycles. The topological polar surface area (TPSA) is 92.4 Å². The minimum absolute atomic E-state index is 0.220. The monoisotopic (exact) mass is 508 g/mol. The highest BCUT2D eigenvalue weighted by Gasteiger charge is 2.37. The van der Waals surface area contributed by atoms with Gasteiger partial charge in [-0.2, -0.15) is 0 Å². The summed E-state index contributed by atoms with van der Waals surface area (Å²) in [6.07, 6.45) is 0. The van der Waals surface area contributed by atoms with Crippen LogP contribution in [-0.2, 0) is 9.53 Å². The van der Waals surface area contributed by atoms with Crippen LogP contribution in [0.25, 0.3) is 0 Å². The minimum atomic E-state index is -0.751. The molecule has 0 saturated carbocycles. The standard InChI is InChI=1S/C28H36N4O5/c1-6-37-27(33)24-22(17-31-13-14-32(19(3)16-31)20-10-7-9-18(2)15-20)29-28(34)30-25(24)21-11-8-12-23(35-4)26(21)36-5/h7-12,15,19,25H,6,13-14,16-17H2,1-5H3,(H2,29,30,34)/t19-,25+/m0/s1. The molecular formula is C28H36N4O5. The molecule has 9 nitrogen and oxygen atoms in total. The number of carbonyl (C=O) groups excluding carboxylic acids is 2. The van der Waals surface area contributed by atoms with Gasteiger partial charge in [0.2, 0.25) is 0 Å². The molecule has 0 spiro atoms. The maximum atomic E-state index is 13.3. The van der Waals surface area contributed by atoms with E-state index in [1.165, 1.54) is 18.4 Å². The van der Waals surface area contributed by atoms with Gasteiger partial charge in [-0.15, -0.1) is 0 Å². The van der Waals surface area contributed by atoms with Crippen molar-refractivity contribution < 1.29 is 23.8 Å². The van der Waals surface area contributed by atoms with Gasteiger partial charge in [0.1, 0.15) is 0 Å². The van der Waals surface area contributed by atoms with E-state index in [4.69, 9.17) is 14.2 Å². The van der Waals surface area contributed by atoms with Crippen LogP contribution < -0.4 is 25.0 Å². The van der Waals surface area contributed by atoms with Crippen LogP contribution in [0.15, 0.2) is 53.7 Å². The van der Waals surface area contributed by atoms with Gasteiger partial charge in [-0.3, -0.25) is 4.90 Å². The molecular weight excluding hydrogens is 472 g/mol. The van der Waals surface area contributed by atoms with E-state index >= 15 is 0 Å². The molecule has 0 bridgehead atoms. The predicted molar refractivity (Wildman–Crippen MR) is 142 cm³/mol. The zero-order chi connectivity index (χ0) is 26.5. The van der Waals surface area contributed by atoms with Crippen molar-refractivity contribution in [2.45, 2.75) is 32.9 Å². The van der Waals surface area contributed by atoms with Gasteiger partial charge in [0.05, 0.1) is 32.4 Å². The van der Waals surface area contributed by atoms with E-state index in [0.717, 1.165) is 19.6 Å². The van der Waals surface area contributed by atoms with Crippen LogP contribution in [0.3, 0.4) is 0 Å². The summed E-state index contributed by atoms with van der Waals surface area (Å²) in [4.78, 5) is 30.7. The summed E-state index contributed by atoms with van der Waals surface area (Å²) in [5.41, 5.74) is 3.96. The third-order valence-electron chi connectivity index (χ3n) is 6.82. The molecule has 0 unspecified atom stereocenters. The molecule has 2 N–H and O–H groups in total. The average Bonchev–Trinajstić information content (AvgIpc) is 2.88. The fourth-order valence-corrected chi connectivity index (χ4v) is 5.16. The Labute approximate surface area is 218 Å². The number of rotatable bonds is 8. The Kier molecular flexibility index (Phi) is 8.23. The van der Waals surface area contributed by atoms with E-state index in [1.54, 1.807) is 26.2 Å². The fraction of sp³-hybridized carbons (Fsp3) is 0.429. The van der Waals surface area contributed by atoms with Gasteiger partial charge in [-0.05, 0) is 44.5 Å². The van der Waals surface area contributed by atoms with E-state index in [-0.39, 0.29) is 18.7 Å². The quantitative estimate of drug-likeness (QED) is 0.528. The maximum absolute atomic E-state index is 13.3. The van der Waals surface area contributed by atoms with Crippen molar-refractivity contribution in [1.82, 2.24) is 15.5 Å². The highest BCUT2D eigenvalue weighted by Crippen LogP contribution is 2.39. The lowest BCUT2D eigenvalue weighted by Gasteiger charge is -2.42. The lowest BCUT2D eigenvalue weighted by atomic mass is 9.93. The van der Waals surface area contributed by atoms with Crippen LogP contribution in [0, 0.1) is 6.92 Å². The molecule has 0 aliphatic carbocycles. The van der Waals surface area contributed by atoms with Crippen LogP contribution in [0.5, 0.6) is 11.5 Å². The van der Waals surface area contributed by atoms with Gasteiger partial charge in [0.15, 0.2) is 11.5 Å². The molecule has 2 amide bonds. The number of nitrogens with zero attached hydrogens (tertiary/aromatic N) is 2. The normalized spacial score (nSPS) is 20.2. The van der Waals surface area contributed by atoms with Gasteiger partial charge in [0.25, 0.3) is 0 Å². The largest absolute Gasteiger partial charge is 0.493 e. The summed E-state index contributed by atoms with van der Waals surface area (Å²) < 4.78 is 16.5. The van der Waals surface area contributed by atoms with Crippen molar-refractivity contribution in [3.63, 3.8) is 0 Å². The Hall–Kier alpha value is -3.72. The number of benzene rings is 2. The molecule has 2 heterocycles. The number of para-hydroxylation sites is 1. The molecule has 9 heteroatoms. The first-order valence-corrected chi connectivity index (χ1v) is 12.6. The van der Waals surface area contributed by atoms with Crippen molar-refractivity contribution in [2.24, 2.45) is 0 Å². The number of carbonyl (C=O) groups is 2. The Balaban J connectivity index is 1.65. The van der Waals surface area contributed by atoms with E-state index in [9.17, 15) is 9.59 Å². The third kappa shape index (κ3) is 5.67. The van der Waals surface area contributed by atoms with Gasteiger partial charge < -0.3 is 29.7 Å². The second-order valence-electron chi connectivity index (χ2n) is 9.34. The Morgan fingerprint density at radius 3 is 2.57 bits per heavy atom. The highest BCUT2D eigenvalue weighted by molar-refractivity contribution is 5.95. The Morgan fingerprint density at radius 2 is 1.89 bits per heavy atom. The number of piperazine rings is 1. The first kappa shape index (κ1) is 26.3. The smallest absolute Gasteiger partial charge is 0.338 e. The van der Waals surface area contributed by atoms with E-state index < -0.39 is 12.0 Å². The summed E-state index contributed by atoms with van der Waals surface area (Å²) in [5.74, 6) is 0.490. The molecule has 2 aliphatic heterocycles. The van der Waals surface area contributed by atoms with Crippen molar-refractivity contribution in [1.29, 1.82) is 0 Å². The van der Waals surface area contributed by atoms with Gasteiger partial charge in [-0.25, -0.2) is 9.59 Å². The van der Waals surface area contributed by atoms with Crippen molar-refractivity contribution in [2.75, 3.05) is 51.9 Å². The lowest BCUT2D eigenvalue weighted by Crippen LogP contribution is -2.54. The van der Waals surface area contributed by atoms with Crippen molar-refractivity contribution in [3.05, 3.63) is 64.9 Å². The Morgan fingerprint density at radius 1 is 1.11 bits per heavy atom. The number of urea groups is 1. The molecule has 2 aliphatic rings. The number of anilines is 1. The number of amides is 2. The second kappa shape index (κ2) is 11.6. The van der Waals surface area contributed by atoms with Crippen molar-refractivity contribution in [3.8, 4) is 11.5 Å². The van der Waals surface area contributed by atoms with Crippen LogP contribution in [-0.4, -0.2) is 69.9 Å². The van der Waals surface area contributed by atoms with Gasteiger partial charge in [0, 0.05) is 49.2 Å². The summed E-state index contributed by atoms with van der Waals surface area (Å²) >= 11 is 0. The molecule has 2 aromatic rings. The molecule has 198 valence electrons. The van der Waals surface area contributed by atoms with E-state index in [0.29, 0.717) is 34.9 Å². The van der Waals surface area contributed by atoms with Gasteiger partial charge >= 0.3 is 12.0 Å². The van der Waals surface area contributed by atoms with Crippen LogP contribution in [0.1, 0.15) is 31.0 Å². The van der Waals surface area contributed by atoms with Gasteiger partial charge in [-0.1, -0.05) is 24.3 Å². The Bertz CT molecular complexity index is 1180. The second-order valence-corrected chi connectivity index (χ2v) is 9.34. The highest BCUT2D eigenvalue weighted by atomic mass is 16.5. The number of methoxy groups -OCH3 is 2. The van der Waals surface area contributed by atoms with E-state index in [1.807, 2.05) is 6.07 Å². The molecule has 4 rings (SSSR count). The third-order valence-corrected chi connectivity index (χ3v) is 6.82. The number of esters is 1. The zero-order valence-electron chi connectivity index (χ0n) is 22.2. The first-order valence-electron chi connectivity index (χ1n) is 12.6. The van der Waals surface area contributed by atoms with Crippen LogP contribution in [0.4, 0.5) is 10.5 Å². The summed E-state index contributed by atoms with van der Waals surface area (Å²) in [6, 6.07) is 13.0. The predicted octanol–water partition coefficient (Wildman–Crippen LogP) is 3.39. The number of hydrogen-bond donors (Lipinski definition) is 2. The van der Waals surface area contributed by atoms with Crippen LogP contribution in [0.2, 0.25) is 0 Å². The van der Waals surface area contributed by atoms with Crippen LogP contribution >= 0.6 is 0 Å². The molecule has 0 radical (unpaired) electrons. The molecule has 0 aromatic heterocycles. The number of ether oxygens (including phenoxy) is 3. The lowest BCUT2D eigenvalue weighted by molar-refractivity contribution is -0.139. The SMILES string of the molecule is CCOC(=O)C1=C(CN2CCN(c3cccc(C)c3)[C@@H](C)C2)NC(=O)N[C@@H]1c1cccc(OC)c1OC. The number of nitrogens with one attached hydrogen (secondary N) is 2. The maximum Gasteiger partial charge on any atom is 0.338 e. The minimum Gasteiger partial charge on any atom is -0.493 e. The zero-order valence-corrected chi connectivity index (χ0v) is 22.2. The summed E-state index contributed by atoms with van der Waals surface area (Å²) in [5, 5.41) is 5.77. The van der Waals surface area contributed by atoms with Crippen molar-refractivity contribution >= 4 is 17.7 Å². The summed E-state index contributed by atoms with van der Waals surface area (Å²) in [7, 11) is 3.09. The average molecular weight is 509 g/mol. The molecule has 1 fully saturated rings. The fourth-order valence-electron chi connectivity index (χ4n) is 5.16. The molecule has 1 saturated heterocycles. The first-order chi connectivity index (χ1) is 17.9. The molecule has 2 atom stereocenters. The van der Waals surface area contributed by atoms with E-state index in [2.05, 4.69) is 58.5 Å². The number of aryl methyl sites for hydroxylation is 1. The number of hydrogen-bond acceptors (Lipinski definition) is 7. The molecule has 37 heavy (non-hydrogen) atoms. The summed E-state index contributed by atoms with van der Waals surface area (Å²) in [6.45, 7) is 9.10.